The Labute approximate surface area is 164 Å². The lowest BCUT2D eigenvalue weighted by atomic mass is 10.1. The van der Waals surface area contributed by atoms with Crippen LogP contribution in [0.1, 0.15) is 21.5 Å². The van der Waals surface area contributed by atoms with Crippen molar-refractivity contribution < 1.29 is 14.4 Å². The first-order valence-corrected chi connectivity index (χ1v) is 9.83. The molecule has 0 aliphatic rings. The second-order valence-corrected chi connectivity index (χ2v) is 8.05. The number of rotatable bonds is 6. The summed E-state index contributed by atoms with van der Waals surface area (Å²) in [6.07, 6.45) is 0. The molecule has 0 radical (unpaired) electrons. The van der Waals surface area contributed by atoms with Crippen LogP contribution in [0, 0.1) is 13.8 Å². The van der Waals surface area contributed by atoms with Crippen LogP contribution >= 0.6 is 11.3 Å². The highest BCUT2D eigenvalue weighted by Crippen LogP contribution is 2.32. The Balaban J connectivity index is 1.99. The van der Waals surface area contributed by atoms with Gasteiger partial charge in [0.05, 0.1) is 44.5 Å². The fraction of sp³-hybridized carbons (Fsp3) is 0.333. The molecule has 0 fully saturated rings. The minimum Gasteiger partial charge on any atom is -0.497 e. The quantitative estimate of drug-likeness (QED) is 0.711. The predicted octanol–water partition coefficient (Wildman–Crippen LogP) is 2.71. The molecule has 5 nitrogen and oxygen atoms in total. The fourth-order valence-electron chi connectivity index (χ4n) is 2.78. The summed E-state index contributed by atoms with van der Waals surface area (Å²) in [6.45, 7) is 5.54. The number of carbonyl (C=O) groups is 1. The largest absolute Gasteiger partial charge is 0.497 e. The van der Waals surface area contributed by atoms with E-state index in [1.807, 2.05) is 43.3 Å². The van der Waals surface area contributed by atoms with Crippen molar-refractivity contribution in [3.05, 3.63) is 53.1 Å². The number of likely N-dealkylation sites (N-methyl/N-ethyl adjacent to an activating group) is 1. The van der Waals surface area contributed by atoms with Crippen molar-refractivity contribution in [1.29, 1.82) is 0 Å². The molecule has 0 saturated carbocycles. The van der Waals surface area contributed by atoms with Crippen LogP contribution in [0.15, 0.2) is 36.4 Å². The Morgan fingerprint density at radius 2 is 1.93 bits per heavy atom. The number of benzene rings is 2. The van der Waals surface area contributed by atoms with Gasteiger partial charge < -0.3 is 9.64 Å². The maximum absolute atomic E-state index is 13.3. The molecule has 3 rings (SSSR count). The third kappa shape index (κ3) is 4.28. The number of quaternary nitrogens is 1. The van der Waals surface area contributed by atoms with Crippen molar-refractivity contribution in [1.82, 2.24) is 4.98 Å². The van der Waals surface area contributed by atoms with Crippen molar-refractivity contribution in [3.8, 4) is 5.75 Å². The predicted molar refractivity (Wildman–Crippen MR) is 111 cm³/mol. The van der Waals surface area contributed by atoms with Gasteiger partial charge in [-0.05, 0) is 55.3 Å². The minimum atomic E-state index is -0.00892. The van der Waals surface area contributed by atoms with Crippen molar-refractivity contribution in [2.75, 3.05) is 39.2 Å². The first kappa shape index (κ1) is 19.3. The van der Waals surface area contributed by atoms with Crippen LogP contribution in [-0.4, -0.2) is 45.2 Å². The number of hydrogen-bond donors (Lipinski definition) is 1. The van der Waals surface area contributed by atoms with Gasteiger partial charge in [-0.3, -0.25) is 9.69 Å². The molecule has 1 N–H and O–H groups in total. The maximum atomic E-state index is 13.3. The molecule has 1 heterocycles. The molecule has 1 amide bonds. The molecule has 6 heteroatoms. The zero-order valence-electron chi connectivity index (χ0n) is 16.5. The number of ether oxygens (including phenoxy) is 1. The molecule has 27 heavy (non-hydrogen) atoms. The van der Waals surface area contributed by atoms with Crippen LogP contribution in [0.3, 0.4) is 0 Å². The molecule has 0 atom stereocenters. The number of carbonyl (C=O) groups excluding carboxylic acids is 1. The van der Waals surface area contributed by atoms with Gasteiger partial charge in [-0.1, -0.05) is 17.4 Å². The molecule has 0 aliphatic carbocycles. The van der Waals surface area contributed by atoms with E-state index in [2.05, 4.69) is 21.0 Å². The number of aryl methyl sites for hydroxylation is 2. The molecule has 3 aromatic rings. The highest BCUT2D eigenvalue weighted by Gasteiger charge is 2.22. The van der Waals surface area contributed by atoms with Crippen molar-refractivity contribution in [2.24, 2.45) is 0 Å². The number of nitrogens with one attached hydrogen (secondary N) is 1. The fourth-order valence-corrected chi connectivity index (χ4v) is 3.80. The van der Waals surface area contributed by atoms with Gasteiger partial charge in [0.25, 0.3) is 5.91 Å². The third-order valence-electron chi connectivity index (χ3n) is 4.65. The molecule has 0 saturated heterocycles. The van der Waals surface area contributed by atoms with Crippen molar-refractivity contribution in [3.63, 3.8) is 0 Å². The zero-order valence-corrected chi connectivity index (χ0v) is 17.3. The van der Waals surface area contributed by atoms with E-state index < -0.39 is 0 Å². The van der Waals surface area contributed by atoms with E-state index in [0.29, 0.717) is 12.1 Å². The normalized spacial score (nSPS) is 11.2. The number of thiazole rings is 1. The highest BCUT2D eigenvalue weighted by atomic mass is 32.1. The number of amides is 1. The van der Waals surface area contributed by atoms with Crippen LogP contribution < -0.4 is 14.5 Å². The topological polar surface area (TPSA) is 46.9 Å². The summed E-state index contributed by atoms with van der Waals surface area (Å²) < 4.78 is 6.32. The first-order chi connectivity index (χ1) is 12.9. The number of methoxy groups -OCH3 is 1. The van der Waals surface area contributed by atoms with Gasteiger partial charge in [0.1, 0.15) is 5.75 Å². The molecule has 0 bridgehead atoms. The summed E-state index contributed by atoms with van der Waals surface area (Å²) in [7, 11) is 5.82. The van der Waals surface area contributed by atoms with Gasteiger partial charge in [-0.25, -0.2) is 4.98 Å². The summed E-state index contributed by atoms with van der Waals surface area (Å²) in [5.41, 5.74) is 3.88. The lowest BCUT2D eigenvalue weighted by Crippen LogP contribution is -3.06. The molecule has 142 valence electrons. The molecule has 1 aromatic heterocycles. The summed E-state index contributed by atoms with van der Waals surface area (Å²) in [6, 6.07) is 11.7. The van der Waals surface area contributed by atoms with E-state index in [-0.39, 0.29) is 5.91 Å². The highest BCUT2D eigenvalue weighted by molar-refractivity contribution is 7.22. The van der Waals surface area contributed by atoms with Crippen molar-refractivity contribution >= 4 is 32.6 Å². The summed E-state index contributed by atoms with van der Waals surface area (Å²) >= 11 is 1.52. The summed E-state index contributed by atoms with van der Waals surface area (Å²) in [4.78, 5) is 21.1. The lowest BCUT2D eigenvalue weighted by molar-refractivity contribution is -0.856. The van der Waals surface area contributed by atoms with Gasteiger partial charge in [0.15, 0.2) is 5.13 Å². The van der Waals surface area contributed by atoms with E-state index in [1.54, 1.807) is 12.0 Å². The minimum absolute atomic E-state index is 0.00892. The Bertz CT molecular complexity index is 965. The monoisotopic (exact) mass is 384 g/mol. The number of aromatic nitrogens is 1. The van der Waals surface area contributed by atoms with Crippen LogP contribution in [0.4, 0.5) is 5.13 Å². The molecule has 0 spiro atoms. The molecule has 0 unspecified atom stereocenters. The van der Waals surface area contributed by atoms with E-state index in [1.165, 1.54) is 21.8 Å². The van der Waals surface area contributed by atoms with Gasteiger partial charge >= 0.3 is 0 Å². The van der Waals surface area contributed by atoms with Gasteiger partial charge in [0, 0.05) is 5.56 Å². The standard InChI is InChI=1S/C21H25N3O2S/c1-14-6-7-16(12-15(14)2)20(25)24(11-10-23(3)4)21-22-18-9-8-17(26-5)13-19(18)27-21/h6-9,12-13H,10-11H2,1-5H3/p+1. The molecular formula is C21H26N3O2S+. The average Bonchev–Trinajstić information content (AvgIpc) is 3.06. The average molecular weight is 385 g/mol. The Morgan fingerprint density at radius 1 is 1.15 bits per heavy atom. The third-order valence-corrected chi connectivity index (χ3v) is 5.69. The Kier molecular flexibility index (Phi) is 5.77. The zero-order chi connectivity index (χ0) is 19.6. The van der Waals surface area contributed by atoms with Crippen LogP contribution in [0.5, 0.6) is 5.75 Å². The van der Waals surface area contributed by atoms with Gasteiger partial charge in [0.2, 0.25) is 0 Å². The number of nitrogens with zero attached hydrogens (tertiary/aromatic N) is 2. The molecule has 2 aromatic carbocycles. The lowest BCUT2D eigenvalue weighted by Gasteiger charge is -2.21. The smallest absolute Gasteiger partial charge is 0.260 e. The SMILES string of the molecule is COc1ccc2nc(N(CC[NH+](C)C)C(=O)c3ccc(C)c(C)c3)sc2c1. The van der Waals surface area contributed by atoms with E-state index in [9.17, 15) is 4.79 Å². The number of fused-ring (bicyclic) bond motifs is 1. The molecular weight excluding hydrogens is 358 g/mol. The van der Waals surface area contributed by atoms with Gasteiger partial charge in [-0.15, -0.1) is 0 Å². The Hall–Kier alpha value is -2.44. The summed E-state index contributed by atoms with van der Waals surface area (Å²) in [5.74, 6) is 0.785. The van der Waals surface area contributed by atoms with E-state index >= 15 is 0 Å². The Morgan fingerprint density at radius 3 is 2.59 bits per heavy atom. The van der Waals surface area contributed by atoms with Gasteiger partial charge in [-0.2, -0.15) is 0 Å². The summed E-state index contributed by atoms with van der Waals surface area (Å²) in [5, 5.41) is 0.725. The van der Waals surface area contributed by atoms with Crippen LogP contribution in [0.25, 0.3) is 10.2 Å². The second kappa shape index (κ2) is 8.06. The van der Waals surface area contributed by atoms with E-state index in [4.69, 9.17) is 9.72 Å². The van der Waals surface area contributed by atoms with Crippen LogP contribution in [0.2, 0.25) is 0 Å². The first-order valence-electron chi connectivity index (χ1n) is 9.02. The van der Waals surface area contributed by atoms with E-state index in [0.717, 1.165) is 33.2 Å². The van der Waals surface area contributed by atoms with Crippen molar-refractivity contribution in [2.45, 2.75) is 13.8 Å². The molecule has 0 aliphatic heterocycles. The van der Waals surface area contributed by atoms with Crippen LogP contribution in [-0.2, 0) is 0 Å². The second-order valence-electron chi connectivity index (χ2n) is 7.04. The number of anilines is 1. The maximum Gasteiger partial charge on any atom is 0.260 e. The number of hydrogen-bond acceptors (Lipinski definition) is 4.